The summed E-state index contributed by atoms with van der Waals surface area (Å²) in [6, 6.07) is 0.509. The Bertz CT molecular complexity index is 107. The predicted molar refractivity (Wildman–Crippen MR) is 60.5 cm³/mol. The van der Waals surface area contributed by atoms with E-state index in [-0.39, 0.29) is 18.5 Å². The Morgan fingerprint density at radius 2 is 1.62 bits per heavy atom. The Balaban J connectivity index is 0. The van der Waals surface area contributed by atoms with E-state index in [0.29, 0.717) is 6.04 Å². The number of hydrogen-bond acceptors (Lipinski definition) is 2. The molecule has 0 aromatic rings. The molecule has 0 aromatic heterocycles. The second kappa shape index (κ2) is 8.79. The molecule has 0 heterocycles. The fraction of sp³-hybridized carbons (Fsp3) is 1.00. The molecule has 1 N–H and O–H groups in total. The zero-order valence-electron chi connectivity index (χ0n) is 9.29. The van der Waals surface area contributed by atoms with Crippen LogP contribution in [0.25, 0.3) is 0 Å². The summed E-state index contributed by atoms with van der Waals surface area (Å²) in [7, 11) is 0. The van der Waals surface area contributed by atoms with Gasteiger partial charge in [0.05, 0.1) is 6.10 Å². The molecule has 0 aliphatic heterocycles. The molecule has 0 spiro atoms. The Morgan fingerprint density at radius 1 is 1.15 bits per heavy atom. The number of rotatable bonds is 6. The molecule has 3 heteroatoms. The summed E-state index contributed by atoms with van der Waals surface area (Å²) in [4.78, 5) is 2.37. The molecule has 13 heavy (non-hydrogen) atoms. The van der Waals surface area contributed by atoms with Crippen LogP contribution in [0.5, 0.6) is 0 Å². The van der Waals surface area contributed by atoms with Crippen molar-refractivity contribution in [3.8, 4) is 0 Å². The second-order valence-electron chi connectivity index (χ2n) is 3.37. The van der Waals surface area contributed by atoms with Gasteiger partial charge in [-0.05, 0) is 32.9 Å². The zero-order valence-corrected chi connectivity index (χ0v) is 10.1. The summed E-state index contributed by atoms with van der Waals surface area (Å²) < 4.78 is 0. The molecule has 0 fully saturated rings. The van der Waals surface area contributed by atoms with Gasteiger partial charge in [0.2, 0.25) is 0 Å². The van der Waals surface area contributed by atoms with Gasteiger partial charge in [-0.1, -0.05) is 20.8 Å². The van der Waals surface area contributed by atoms with Gasteiger partial charge in [-0.2, -0.15) is 0 Å². The van der Waals surface area contributed by atoms with Gasteiger partial charge in [-0.25, -0.2) is 0 Å². The average Bonchev–Trinajstić information content (AvgIpc) is 2.06. The van der Waals surface area contributed by atoms with Crippen LogP contribution in [0, 0.1) is 0 Å². The molecule has 2 atom stereocenters. The lowest BCUT2D eigenvalue weighted by Gasteiger charge is -2.27. The third-order valence-corrected chi connectivity index (χ3v) is 2.52. The van der Waals surface area contributed by atoms with Gasteiger partial charge < -0.3 is 10.0 Å². The molecular weight excluding hydrogens is 186 g/mol. The average molecular weight is 210 g/mol. The van der Waals surface area contributed by atoms with Crippen LogP contribution < -0.4 is 0 Å². The second-order valence-corrected chi connectivity index (χ2v) is 3.37. The van der Waals surface area contributed by atoms with E-state index >= 15 is 0 Å². The van der Waals surface area contributed by atoms with Crippen LogP contribution in [0.1, 0.15) is 40.5 Å². The molecule has 2 unspecified atom stereocenters. The fourth-order valence-electron chi connectivity index (χ4n) is 1.56. The molecule has 0 bridgehead atoms. The fourth-order valence-corrected chi connectivity index (χ4v) is 1.56. The SMILES string of the molecule is CCC(O)CC(C)N(CC)CC.Cl. The molecule has 0 amide bonds. The van der Waals surface area contributed by atoms with E-state index in [4.69, 9.17) is 0 Å². The van der Waals surface area contributed by atoms with Gasteiger partial charge in [-0.3, -0.25) is 0 Å². The summed E-state index contributed by atoms with van der Waals surface area (Å²) in [5.41, 5.74) is 0. The topological polar surface area (TPSA) is 23.5 Å². The van der Waals surface area contributed by atoms with Crippen LogP contribution in [0.2, 0.25) is 0 Å². The van der Waals surface area contributed by atoms with E-state index in [0.717, 1.165) is 25.9 Å². The molecular formula is C10H24ClNO. The van der Waals surface area contributed by atoms with E-state index < -0.39 is 0 Å². The molecule has 0 radical (unpaired) electrons. The number of aliphatic hydroxyl groups excluding tert-OH is 1. The highest BCUT2D eigenvalue weighted by Gasteiger charge is 2.13. The summed E-state index contributed by atoms with van der Waals surface area (Å²) in [6.07, 6.45) is 1.64. The first-order valence-electron chi connectivity index (χ1n) is 5.07. The number of halogens is 1. The standard InChI is InChI=1S/C10H23NO.ClH/c1-5-10(12)8-9(4)11(6-2)7-3;/h9-10,12H,5-8H2,1-4H3;1H. The van der Waals surface area contributed by atoms with Crippen molar-refractivity contribution in [3.05, 3.63) is 0 Å². The van der Waals surface area contributed by atoms with Crippen molar-refractivity contribution < 1.29 is 5.11 Å². The van der Waals surface area contributed by atoms with E-state index in [1.165, 1.54) is 0 Å². The lowest BCUT2D eigenvalue weighted by molar-refractivity contribution is 0.110. The summed E-state index contributed by atoms with van der Waals surface area (Å²) in [5.74, 6) is 0. The zero-order chi connectivity index (χ0) is 9.56. The lowest BCUT2D eigenvalue weighted by atomic mass is 10.1. The van der Waals surface area contributed by atoms with Gasteiger partial charge in [0, 0.05) is 6.04 Å². The van der Waals surface area contributed by atoms with Crippen molar-refractivity contribution in [1.29, 1.82) is 0 Å². The number of hydrogen-bond donors (Lipinski definition) is 1. The number of aliphatic hydroxyl groups is 1. The van der Waals surface area contributed by atoms with E-state index in [1.54, 1.807) is 0 Å². The third-order valence-electron chi connectivity index (χ3n) is 2.52. The van der Waals surface area contributed by atoms with Crippen LogP contribution in [-0.2, 0) is 0 Å². The molecule has 82 valence electrons. The Morgan fingerprint density at radius 3 is 1.92 bits per heavy atom. The minimum atomic E-state index is -0.124. The molecule has 0 rings (SSSR count). The number of nitrogens with zero attached hydrogens (tertiary/aromatic N) is 1. The first-order valence-corrected chi connectivity index (χ1v) is 5.07. The van der Waals surface area contributed by atoms with Crippen molar-refractivity contribution in [2.75, 3.05) is 13.1 Å². The highest BCUT2D eigenvalue weighted by Crippen LogP contribution is 2.08. The molecule has 0 aliphatic carbocycles. The maximum absolute atomic E-state index is 9.44. The maximum Gasteiger partial charge on any atom is 0.0552 e. The molecule has 2 nitrogen and oxygen atoms in total. The smallest absolute Gasteiger partial charge is 0.0552 e. The molecule has 0 aromatic carbocycles. The summed E-state index contributed by atoms with van der Waals surface area (Å²) >= 11 is 0. The van der Waals surface area contributed by atoms with E-state index in [2.05, 4.69) is 25.7 Å². The van der Waals surface area contributed by atoms with E-state index in [9.17, 15) is 5.11 Å². The van der Waals surface area contributed by atoms with Crippen molar-refractivity contribution in [1.82, 2.24) is 4.90 Å². The van der Waals surface area contributed by atoms with Gasteiger partial charge in [0.15, 0.2) is 0 Å². The van der Waals surface area contributed by atoms with Gasteiger partial charge in [-0.15, -0.1) is 12.4 Å². The molecule has 0 aliphatic rings. The van der Waals surface area contributed by atoms with Gasteiger partial charge in [0.25, 0.3) is 0 Å². The molecule has 0 saturated carbocycles. The quantitative estimate of drug-likeness (QED) is 0.726. The lowest BCUT2D eigenvalue weighted by Crippen LogP contribution is -2.35. The van der Waals surface area contributed by atoms with Crippen LogP contribution in [0.15, 0.2) is 0 Å². The van der Waals surface area contributed by atoms with Crippen LogP contribution in [-0.4, -0.2) is 35.2 Å². The largest absolute Gasteiger partial charge is 0.393 e. The Kier molecular flexibility index (Phi) is 10.6. The minimum absolute atomic E-state index is 0. The van der Waals surface area contributed by atoms with Gasteiger partial charge >= 0.3 is 0 Å². The normalized spacial score (nSPS) is 15.2. The monoisotopic (exact) mass is 209 g/mol. The molecule has 0 saturated heterocycles. The highest BCUT2D eigenvalue weighted by molar-refractivity contribution is 5.85. The third kappa shape index (κ3) is 6.30. The predicted octanol–water partition coefficient (Wildman–Crippen LogP) is 2.30. The summed E-state index contributed by atoms with van der Waals surface area (Å²) in [5, 5.41) is 9.44. The first kappa shape index (κ1) is 15.7. The van der Waals surface area contributed by atoms with Crippen LogP contribution in [0.4, 0.5) is 0 Å². The van der Waals surface area contributed by atoms with Crippen LogP contribution in [0.3, 0.4) is 0 Å². The Hall–Kier alpha value is 0.210. The highest BCUT2D eigenvalue weighted by atomic mass is 35.5. The van der Waals surface area contributed by atoms with Crippen molar-refractivity contribution in [2.45, 2.75) is 52.7 Å². The van der Waals surface area contributed by atoms with Crippen LogP contribution >= 0.6 is 12.4 Å². The van der Waals surface area contributed by atoms with Crippen molar-refractivity contribution in [3.63, 3.8) is 0 Å². The van der Waals surface area contributed by atoms with Crippen molar-refractivity contribution in [2.24, 2.45) is 0 Å². The van der Waals surface area contributed by atoms with Gasteiger partial charge in [0.1, 0.15) is 0 Å². The van der Waals surface area contributed by atoms with E-state index in [1.807, 2.05) is 6.92 Å². The first-order chi connectivity index (χ1) is 5.65. The Labute approximate surface area is 88.7 Å². The maximum atomic E-state index is 9.44. The minimum Gasteiger partial charge on any atom is -0.393 e. The summed E-state index contributed by atoms with van der Waals surface area (Å²) in [6.45, 7) is 10.7. The van der Waals surface area contributed by atoms with Crippen molar-refractivity contribution >= 4 is 12.4 Å².